The Morgan fingerprint density at radius 2 is 1.74 bits per heavy atom. The van der Waals surface area contributed by atoms with Crippen LogP contribution in [0.2, 0.25) is 5.02 Å². The van der Waals surface area contributed by atoms with E-state index in [1.165, 1.54) is 0 Å². The molecule has 1 spiro atoms. The van der Waals surface area contributed by atoms with Gasteiger partial charge < -0.3 is 10.2 Å². The van der Waals surface area contributed by atoms with E-state index in [2.05, 4.69) is 49.6 Å². The topological polar surface area (TPSA) is 75.4 Å². The number of piperidine rings is 1. The van der Waals surface area contributed by atoms with Crippen LogP contribution in [0.5, 0.6) is 0 Å². The summed E-state index contributed by atoms with van der Waals surface area (Å²) in [6.07, 6.45) is 8.71. The first kappa shape index (κ1) is 19.8. The number of rotatable bonds is 3. The van der Waals surface area contributed by atoms with E-state index in [4.69, 9.17) is 11.6 Å². The van der Waals surface area contributed by atoms with E-state index in [9.17, 15) is 4.79 Å². The minimum atomic E-state index is -0.633. The predicted octanol–water partition coefficient (Wildman–Crippen LogP) is 3.69. The van der Waals surface area contributed by atoms with Gasteiger partial charge in [0, 0.05) is 49.9 Å². The van der Waals surface area contributed by atoms with E-state index in [0.29, 0.717) is 36.8 Å². The molecule has 0 radical (unpaired) electrons. The summed E-state index contributed by atoms with van der Waals surface area (Å²) < 4.78 is 1.79. The lowest BCUT2D eigenvalue weighted by atomic mass is 9.87. The molecule has 1 saturated heterocycles. The normalized spacial score (nSPS) is 17.7. The van der Waals surface area contributed by atoms with Crippen molar-refractivity contribution in [2.45, 2.75) is 25.3 Å². The Morgan fingerprint density at radius 3 is 2.35 bits per heavy atom. The number of pyridine rings is 1. The van der Waals surface area contributed by atoms with Crippen molar-refractivity contribution >= 4 is 29.0 Å². The molecule has 0 aliphatic carbocycles. The van der Waals surface area contributed by atoms with Crippen LogP contribution in [0.4, 0.5) is 5.69 Å². The summed E-state index contributed by atoms with van der Waals surface area (Å²) in [6.45, 7) is 3.25. The second kappa shape index (κ2) is 7.50. The van der Waals surface area contributed by atoms with Crippen molar-refractivity contribution in [1.29, 1.82) is 0 Å². The Labute approximate surface area is 185 Å². The molecule has 2 aliphatic rings. The zero-order chi connectivity index (χ0) is 21.6. The maximum atomic E-state index is 12.4. The van der Waals surface area contributed by atoms with Crippen molar-refractivity contribution in [2.24, 2.45) is 12.0 Å². The van der Waals surface area contributed by atoms with Crippen LogP contribution in [0.3, 0.4) is 0 Å². The number of carbonyl (C=O) groups is 1. The van der Waals surface area contributed by atoms with E-state index in [1.54, 1.807) is 10.9 Å². The van der Waals surface area contributed by atoms with Gasteiger partial charge in [-0.05, 0) is 30.9 Å². The molecular weight excluding hydrogens is 412 g/mol. The second-order valence-corrected chi connectivity index (χ2v) is 8.57. The monoisotopic (exact) mass is 434 g/mol. The number of nitrogens with zero attached hydrogens (tertiary/aromatic N) is 5. The van der Waals surface area contributed by atoms with Crippen molar-refractivity contribution in [3.05, 3.63) is 54.1 Å². The maximum Gasteiger partial charge on any atom is 0.253 e. The highest BCUT2D eigenvalue weighted by Crippen LogP contribution is 2.40. The fourth-order valence-electron chi connectivity index (χ4n) is 4.49. The highest BCUT2D eigenvalue weighted by atomic mass is 35.5. The first-order valence-corrected chi connectivity index (χ1v) is 10.7. The molecule has 7 nitrogen and oxygen atoms in total. The molecule has 0 bridgehead atoms. The number of hydrogen-bond donors (Lipinski definition) is 1. The molecule has 3 aromatic rings. The van der Waals surface area contributed by atoms with Gasteiger partial charge in [-0.25, -0.2) is 0 Å². The zero-order valence-corrected chi connectivity index (χ0v) is 18.2. The van der Waals surface area contributed by atoms with Crippen LogP contribution < -0.4 is 10.2 Å². The van der Waals surface area contributed by atoms with E-state index < -0.39 is 5.54 Å². The van der Waals surface area contributed by atoms with E-state index in [0.717, 1.165) is 27.9 Å². The SMILES string of the molecule is CC1=NC2(CCN(c3c(Cl)cncc3-c3ccc(-c4cnn(C)c4)cc3)CC2)C(=O)N1. The van der Waals surface area contributed by atoms with Crippen LogP contribution in [0, 0.1) is 0 Å². The number of amidine groups is 1. The summed E-state index contributed by atoms with van der Waals surface area (Å²) in [5.74, 6) is 0.714. The summed E-state index contributed by atoms with van der Waals surface area (Å²) in [4.78, 5) is 23.6. The molecule has 1 amide bonds. The molecule has 2 aliphatic heterocycles. The first-order chi connectivity index (χ1) is 14.9. The Bertz CT molecular complexity index is 1180. The number of halogens is 1. The molecule has 31 heavy (non-hydrogen) atoms. The largest absolute Gasteiger partial charge is 0.370 e. The van der Waals surface area contributed by atoms with Crippen LogP contribution >= 0.6 is 11.6 Å². The molecule has 1 N–H and O–H groups in total. The van der Waals surface area contributed by atoms with Crippen molar-refractivity contribution in [2.75, 3.05) is 18.0 Å². The second-order valence-electron chi connectivity index (χ2n) is 8.17. The highest BCUT2D eigenvalue weighted by molar-refractivity contribution is 6.33. The summed E-state index contributed by atoms with van der Waals surface area (Å²) in [5, 5.41) is 7.71. The van der Waals surface area contributed by atoms with Crippen molar-refractivity contribution in [1.82, 2.24) is 20.1 Å². The van der Waals surface area contributed by atoms with Gasteiger partial charge >= 0.3 is 0 Å². The number of aryl methyl sites for hydroxylation is 1. The van der Waals surface area contributed by atoms with Crippen LogP contribution in [0.1, 0.15) is 19.8 Å². The molecule has 5 rings (SSSR count). The van der Waals surface area contributed by atoms with E-state index in [-0.39, 0.29) is 5.91 Å². The molecule has 8 heteroatoms. The number of amides is 1. The average Bonchev–Trinajstić information content (AvgIpc) is 3.31. The van der Waals surface area contributed by atoms with Gasteiger partial charge in [-0.2, -0.15) is 5.10 Å². The van der Waals surface area contributed by atoms with Crippen LogP contribution in [0.15, 0.2) is 54.0 Å². The number of aromatic nitrogens is 3. The molecular formula is C23H23ClN6O. The smallest absolute Gasteiger partial charge is 0.253 e. The summed E-state index contributed by atoms with van der Waals surface area (Å²) in [5.41, 5.74) is 4.53. The molecule has 1 aromatic carbocycles. The van der Waals surface area contributed by atoms with Gasteiger partial charge in [-0.1, -0.05) is 35.9 Å². The number of benzene rings is 1. The fourth-order valence-corrected chi connectivity index (χ4v) is 4.77. The zero-order valence-electron chi connectivity index (χ0n) is 17.5. The number of aliphatic imine (C=N–C) groups is 1. The molecule has 4 heterocycles. The van der Waals surface area contributed by atoms with Gasteiger partial charge in [0.1, 0.15) is 11.4 Å². The van der Waals surface area contributed by atoms with Gasteiger partial charge in [0.15, 0.2) is 0 Å². The molecule has 0 saturated carbocycles. The fraction of sp³-hybridized carbons (Fsp3) is 0.304. The third-order valence-electron chi connectivity index (χ3n) is 6.11. The van der Waals surface area contributed by atoms with Crippen LogP contribution in [-0.2, 0) is 11.8 Å². The lowest BCUT2D eigenvalue weighted by Crippen LogP contribution is -2.49. The standard InChI is InChI=1S/C23H23ClN6O/c1-15-27-22(31)23(28-15)7-9-30(10-8-23)21-19(12-25-13-20(21)24)17-5-3-16(4-6-17)18-11-26-29(2)14-18/h3-6,11-14H,7-10H2,1-2H3,(H,27,28,31). The summed E-state index contributed by atoms with van der Waals surface area (Å²) in [6, 6.07) is 8.34. The maximum absolute atomic E-state index is 12.4. The minimum Gasteiger partial charge on any atom is -0.370 e. The van der Waals surface area contributed by atoms with Gasteiger partial charge in [-0.3, -0.25) is 19.5 Å². The van der Waals surface area contributed by atoms with Gasteiger partial charge in [0.25, 0.3) is 5.91 Å². The number of hydrogen-bond acceptors (Lipinski definition) is 5. The van der Waals surface area contributed by atoms with Crippen LogP contribution in [-0.4, -0.2) is 45.1 Å². The lowest BCUT2D eigenvalue weighted by Gasteiger charge is -2.38. The van der Waals surface area contributed by atoms with Crippen molar-refractivity contribution < 1.29 is 4.79 Å². The molecule has 2 aromatic heterocycles. The Balaban J connectivity index is 1.43. The number of nitrogens with one attached hydrogen (secondary N) is 1. The number of anilines is 1. The quantitative estimate of drug-likeness (QED) is 0.682. The minimum absolute atomic E-state index is 0.0108. The third-order valence-corrected chi connectivity index (χ3v) is 6.39. The molecule has 1 fully saturated rings. The third kappa shape index (κ3) is 3.49. The Kier molecular flexibility index (Phi) is 4.78. The van der Waals surface area contributed by atoms with Crippen LogP contribution in [0.25, 0.3) is 22.3 Å². The van der Waals surface area contributed by atoms with Gasteiger partial charge in [-0.15, -0.1) is 0 Å². The summed E-state index contributed by atoms with van der Waals surface area (Å²) in [7, 11) is 1.91. The van der Waals surface area contributed by atoms with Crippen molar-refractivity contribution in [3.8, 4) is 22.3 Å². The average molecular weight is 435 g/mol. The molecule has 0 unspecified atom stereocenters. The summed E-state index contributed by atoms with van der Waals surface area (Å²) >= 11 is 6.62. The Morgan fingerprint density at radius 1 is 1.03 bits per heavy atom. The lowest BCUT2D eigenvalue weighted by molar-refractivity contribution is -0.124. The van der Waals surface area contributed by atoms with Gasteiger partial charge in [0.05, 0.1) is 16.9 Å². The molecule has 158 valence electrons. The van der Waals surface area contributed by atoms with Gasteiger partial charge in [0.2, 0.25) is 0 Å². The Hall–Kier alpha value is -3.19. The van der Waals surface area contributed by atoms with E-state index in [1.807, 2.05) is 32.6 Å². The predicted molar refractivity (Wildman–Crippen MR) is 122 cm³/mol. The van der Waals surface area contributed by atoms with E-state index >= 15 is 0 Å². The van der Waals surface area contributed by atoms with Crippen molar-refractivity contribution in [3.63, 3.8) is 0 Å². The first-order valence-electron chi connectivity index (χ1n) is 10.3. The highest BCUT2D eigenvalue weighted by Gasteiger charge is 2.45. The number of carbonyl (C=O) groups excluding carboxylic acids is 1. The molecule has 0 atom stereocenters.